The third-order valence-electron chi connectivity index (χ3n) is 3.87. The van der Waals surface area contributed by atoms with Crippen LogP contribution in [0.5, 0.6) is 11.5 Å². The lowest BCUT2D eigenvalue weighted by Gasteiger charge is -2.33. The molecule has 1 saturated heterocycles. The first-order chi connectivity index (χ1) is 10.5. The SMILES string of the molecule is COc1ccc(O)c(C(=O)OCC(=O)N2CCCCC2C)c1. The Hall–Kier alpha value is -2.24. The normalized spacial score (nSPS) is 17.9. The number of benzene rings is 1. The highest BCUT2D eigenvalue weighted by Crippen LogP contribution is 2.23. The van der Waals surface area contributed by atoms with Crippen molar-refractivity contribution in [3.8, 4) is 11.5 Å². The zero-order valence-corrected chi connectivity index (χ0v) is 12.9. The summed E-state index contributed by atoms with van der Waals surface area (Å²) < 4.78 is 10.0. The lowest BCUT2D eigenvalue weighted by atomic mass is 10.0. The Bertz CT molecular complexity index is 557. The Morgan fingerprint density at radius 2 is 2.14 bits per heavy atom. The summed E-state index contributed by atoms with van der Waals surface area (Å²) >= 11 is 0. The average Bonchev–Trinajstić information content (AvgIpc) is 2.53. The molecule has 1 atom stereocenters. The van der Waals surface area contributed by atoms with Crippen LogP contribution in [0.3, 0.4) is 0 Å². The standard InChI is InChI=1S/C16H21NO5/c1-11-5-3-4-8-17(11)15(19)10-22-16(20)13-9-12(21-2)6-7-14(13)18/h6-7,9,11,18H,3-5,8,10H2,1-2H3. The van der Waals surface area contributed by atoms with Crippen molar-refractivity contribution >= 4 is 11.9 Å². The maximum Gasteiger partial charge on any atom is 0.342 e. The minimum absolute atomic E-state index is 0.0150. The summed E-state index contributed by atoms with van der Waals surface area (Å²) in [5.74, 6) is -0.720. The van der Waals surface area contributed by atoms with Gasteiger partial charge in [0.2, 0.25) is 0 Å². The van der Waals surface area contributed by atoms with Crippen LogP contribution in [0.15, 0.2) is 18.2 Å². The van der Waals surface area contributed by atoms with Crippen LogP contribution in [0.2, 0.25) is 0 Å². The smallest absolute Gasteiger partial charge is 0.342 e. The quantitative estimate of drug-likeness (QED) is 0.861. The van der Waals surface area contributed by atoms with Gasteiger partial charge in [-0.3, -0.25) is 4.79 Å². The number of phenolic OH excluding ortho intramolecular Hbond substituents is 1. The molecule has 22 heavy (non-hydrogen) atoms. The van der Waals surface area contributed by atoms with Crippen molar-refractivity contribution in [1.82, 2.24) is 4.90 Å². The second-order valence-corrected chi connectivity index (χ2v) is 5.39. The molecular weight excluding hydrogens is 286 g/mol. The summed E-state index contributed by atoms with van der Waals surface area (Å²) in [6.45, 7) is 2.37. The Labute approximate surface area is 129 Å². The van der Waals surface area contributed by atoms with Gasteiger partial charge in [-0.2, -0.15) is 0 Å². The van der Waals surface area contributed by atoms with Crippen LogP contribution < -0.4 is 4.74 Å². The summed E-state index contributed by atoms with van der Waals surface area (Å²) in [7, 11) is 1.46. The number of likely N-dealkylation sites (tertiary alicyclic amines) is 1. The van der Waals surface area contributed by atoms with Crippen molar-refractivity contribution in [2.45, 2.75) is 32.2 Å². The van der Waals surface area contributed by atoms with Gasteiger partial charge < -0.3 is 19.5 Å². The van der Waals surface area contributed by atoms with E-state index in [9.17, 15) is 14.7 Å². The minimum atomic E-state index is -0.741. The second kappa shape index (κ2) is 7.15. The number of piperidine rings is 1. The van der Waals surface area contributed by atoms with Gasteiger partial charge >= 0.3 is 5.97 Å². The predicted molar refractivity (Wildman–Crippen MR) is 80.0 cm³/mol. The van der Waals surface area contributed by atoms with E-state index in [0.29, 0.717) is 12.3 Å². The number of carbonyl (C=O) groups is 2. The molecule has 0 spiro atoms. The van der Waals surface area contributed by atoms with E-state index < -0.39 is 5.97 Å². The number of phenols is 1. The van der Waals surface area contributed by atoms with E-state index in [1.807, 2.05) is 6.92 Å². The van der Waals surface area contributed by atoms with E-state index in [2.05, 4.69) is 0 Å². The Balaban J connectivity index is 1.96. The van der Waals surface area contributed by atoms with Gasteiger partial charge in [-0.1, -0.05) is 0 Å². The molecule has 6 nitrogen and oxygen atoms in total. The van der Waals surface area contributed by atoms with E-state index in [1.54, 1.807) is 4.90 Å². The topological polar surface area (TPSA) is 76.1 Å². The molecule has 0 radical (unpaired) electrons. The van der Waals surface area contributed by atoms with Crippen molar-refractivity contribution in [3.05, 3.63) is 23.8 Å². The van der Waals surface area contributed by atoms with Crippen molar-refractivity contribution in [1.29, 1.82) is 0 Å². The van der Waals surface area contributed by atoms with Crippen molar-refractivity contribution in [3.63, 3.8) is 0 Å². The van der Waals surface area contributed by atoms with Gasteiger partial charge in [0.05, 0.1) is 7.11 Å². The zero-order chi connectivity index (χ0) is 16.1. The lowest BCUT2D eigenvalue weighted by Crippen LogP contribution is -2.44. The van der Waals surface area contributed by atoms with E-state index in [1.165, 1.54) is 25.3 Å². The first-order valence-corrected chi connectivity index (χ1v) is 7.36. The van der Waals surface area contributed by atoms with Crippen molar-refractivity contribution < 1.29 is 24.2 Å². The summed E-state index contributed by atoms with van der Waals surface area (Å²) in [5, 5.41) is 9.71. The molecule has 1 amide bonds. The van der Waals surface area contributed by atoms with E-state index in [4.69, 9.17) is 9.47 Å². The molecule has 1 aliphatic rings. The molecule has 1 aliphatic heterocycles. The van der Waals surface area contributed by atoms with Crippen LogP contribution >= 0.6 is 0 Å². The molecule has 1 fully saturated rings. The minimum Gasteiger partial charge on any atom is -0.507 e. The van der Waals surface area contributed by atoms with Crippen LogP contribution in [0, 0.1) is 0 Å². The molecule has 1 N–H and O–H groups in total. The monoisotopic (exact) mass is 307 g/mol. The number of methoxy groups -OCH3 is 1. The van der Waals surface area contributed by atoms with Gasteiger partial charge in [0, 0.05) is 12.6 Å². The molecule has 1 aromatic carbocycles. The van der Waals surface area contributed by atoms with Crippen molar-refractivity contribution in [2.24, 2.45) is 0 Å². The third-order valence-corrected chi connectivity index (χ3v) is 3.87. The van der Waals surface area contributed by atoms with Crippen LogP contribution in [0.4, 0.5) is 0 Å². The molecule has 0 aromatic heterocycles. The molecule has 2 rings (SSSR count). The number of nitrogens with zero attached hydrogens (tertiary/aromatic N) is 1. The molecule has 0 aliphatic carbocycles. The second-order valence-electron chi connectivity index (χ2n) is 5.39. The largest absolute Gasteiger partial charge is 0.507 e. The van der Waals surface area contributed by atoms with Gasteiger partial charge in [-0.05, 0) is 44.4 Å². The average molecular weight is 307 g/mol. The van der Waals surface area contributed by atoms with Gasteiger partial charge in [0.15, 0.2) is 6.61 Å². The fourth-order valence-electron chi connectivity index (χ4n) is 2.56. The summed E-state index contributed by atoms with van der Waals surface area (Å²) in [6, 6.07) is 4.44. The number of amides is 1. The molecule has 6 heteroatoms. The third kappa shape index (κ3) is 3.69. The molecule has 1 heterocycles. The fourth-order valence-corrected chi connectivity index (χ4v) is 2.56. The van der Waals surface area contributed by atoms with Gasteiger partial charge in [0.1, 0.15) is 17.1 Å². The first-order valence-electron chi connectivity index (χ1n) is 7.36. The van der Waals surface area contributed by atoms with Crippen LogP contribution in [0.25, 0.3) is 0 Å². The Morgan fingerprint density at radius 3 is 2.82 bits per heavy atom. The molecule has 120 valence electrons. The highest BCUT2D eigenvalue weighted by atomic mass is 16.5. The Morgan fingerprint density at radius 1 is 1.36 bits per heavy atom. The van der Waals surface area contributed by atoms with Gasteiger partial charge in [0.25, 0.3) is 5.91 Å². The highest BCUT2D eigenvalue weighted by Gasteiger charge is 2.24. The molecular formula is C16H21NO5. The van der Waals surface area contributed by atoms with Crippen molar-refractivity contribution in [2.75, 3.05) is 20.3 Å². The maximum absolute atomic E-state index is 12.1. The van der Waals surface area contributed by atoms with Gasteiger partial charge in [-0.25, -0.2) is 4.79 Å². The molecule has 1 aromatic rings. The summed E-state index contributed by atoms with van der Waals surface area (Å²) in [6.07, 6.45) is 3.06. The predicted octanol–water partition coefficient (Wildman–Crippen LogP) is 1.96. The number of carbonyl (C=O) groups excluding carboxylic acids is 2. The number of ether oxygens (including phenoxy) is 2. The van der Waals surface area contributed by atoms with Crippen LogP contribution in [-0.2, 0) is 9.53 Å². The van der Waals surface area contributed by atoms with Crippen LogP contribution in [0.1, 0.15) is 36.5 Å². The number of esters is 1. The number of hydrogen-bond donors (Lipinski definition) is 1. The summed E-state index contributed by atoms with van der Waals surface area (Å²) in [5.41, 5.74) is -0.0150. The number of rotatable bonds is 4. The highest BCUT2D eigenvalue weighted by molar-refractivity contribution is 5.94. The molecule has 0 bridgehead atoms. The number of aromatic hydroxyl groups is 1. The molecule has 0 saturated carbocycles. The number of hydrogen-bond acceptors (Lipinski definition) is 5. The Kier molecular flexibility index (Phi) is 5.25. The van der Waals surface area contributed by atoms with Crippen LogP contribution in [-0.4, -0.2) is 48.2 Å². The maximum atomic E-state index is 12.1. The fraction of sp³-hybridized carbons (Fsp3) is 0.500. The van der Waals surface area contributed by atoms with E-state index >= 15 is 0 Å². The first kappa shape index (κ1) is 16.1. The lowest BCUT2D eigenvalue weighted by molar-refractivity contribution is -0.137. The summed E-state index contributed by atoms with van der Waals surface area (Å²) in [4.78, 5) is 25.8. The zero-order valence-electron chi connectivity index (χ0n) is 12.9. The van der Waals surface area contributed by atoms with Gasteiger partial charge in [-0.15, -0.1) is 0 Å². The van der Waals surface area contributed by atoms with E-state index in [-0.39, 0.29) is 29.9 Å². The van der Waals surface area contributed by atoms with E-state index in [0.717, 1.165) is 19.3 Å². The molecule has 1 unspecified atom stereocenters.